The van der Waals surface area contributed by atoms with Crippen LogP contribution in [0.15, 0.2) is 49.1 Å². The fourth-order valence-corrected chi connectivity index (χ4v) is 3.86. The number of carbonyl (C=O) groups is 1. The van der Waals surface area contributed by atoms with Crippen LogP contribution in [0.3, 0.4) is 0 Å². The van der Waals surface area contributed by atoms with Crippen molar-refractivity contribution >= 4 is 5.91 Å². The van der Waals surface area contributed by atoms with Crippen molar-refractivity contribution in [2.45, 2.75) is 25.0 Å². The van der Waals surface area contributed by atoms with E-state index in [1.807, 2.05) is 17.0 Å². The summed E-state index contributed by atoms with van der Waals surface area (Å²) < 4.78 is 11.9. The number of amides is 1. The van der Waals surface area contributed by atoms with Crippen LogP contribution in [0.5, 0.6) is 0 Å². The van der Waals surface area contributed by atoms with Gasteiger partial charge in [-0.25, -0.2) is 0 Å². The largest absolute Gasteiger partial charge is 0.377 e. The second-order valence-corrected chi connectivity index (χ2v) is 6.99. The molecule has 6 heteroatoms. The number of aromatic nitrogens is 2. The van der Waals surface area contributed by atoms with E-state index in [0.717, 1.165) is 25.0 Å². The molecule has 136 valence electrons. The smallest absolute Gasteiger partial charge is 0.254 e. The number of nitrogens with zero attached hydrogens (tertiary/aromatic N) is 3. The highest BCUT2D eigenvalue weighted by molar-refractivity contribution is 5.94. The Kier molecular flexibility index (Phi) is 4.95. The molecular weight excluding hydrogens is 330 g/mol. The zero-order valence-corrected chi connectivity index (χ0v) is 14.7. The maximum Gasteiger partial charge on any atom is 0.254 e. The van der Waals surface area contributed by atoms with Gasteiger partial charge in [0.05, 0.1) is 19.7 Å². The van der Waals surface area contributed by atoms with Crippen molar-refractivity contribution < 1.29 is 14.3 Å². The average Bonchev–Trinajstić information content (AvgIpc) is 3.09. The zero-order chi connectivity index (χ0) is 17.8. The van der Waals surface area contributed by atoms with Crippen molar-refractivity contribution in [1.82, 2.24) is 14.9 Å². The first kappa shape index (κ1) is 17.1. The van der Waals surface area contributed by atoms with Crippen molar-refractivity contribution in [3.8, 4) is 0 Å². The Hall–Kier alpha value is -2.31. The van der Waals surface area contributed by atoms with Crippen LogP contribution in [0.2, 0.25) is 0 Å². The van der Waals surface area contributed by atoms with Gasteiger partial charge in [0.2, 0.25) is 0 Å². The summed E-state index contributed by atoms with van der Waals surface area (Å²) in [6, 6.07) is 7.45. The van der Waals surface area contributed by atoms with Gasteiger partial charge in [-0.05, 0) is 48.6 Å². The normalized spacial score (nSPS) is 20.9. The highest BCUT2D eigenvalue weighted by Gasteiger charge is 2.54. The van der Waals surface area contributed by atoms with Gasteiger partial charge < -0.3 is 14.4 Å². The quantitative estimate of drug-likeness (QED) is 0.746. The van der Waals surface area contributed by atoms with E-state index in [4.69, 9.17) is 9.47 Å². The molecule has 1 spiro atoms. The van der Waals surface area contributed by atoms with Gasteiger partial charge in [-0.2, -0.15) is 0 Å². The van der Waals surface area contributed by atoms with Gasteiger partial charge in [0.25, 0.3) is 5.91 Å². The Morgan fingerprint density at radius 1 is 1.15 bits per heavy atom. The lowest BCUT2D eigenvalue weighted by Gasteiger charge is -2.50. The summed E-state index contributed by atoms with van der Waals surface area (Å²) in [5.41, 5.74) is 1.64. The van der Waals surface area contributed by atoms with Crippen LogP contribution in [0.25, 0.3) is 0 Å². The van der Waals surface area contributed by atoms with Crippen LogP contribution in [0.4, 0.5) is 0 Å². The highest BCUT2D eigenvalue weighted by atomic mass is 16.5. The van der Waals surface area contributed by atoms with E-state index >= 15 is 0 Å². The molecule has 0 N–H and O–H groups in total. The molecule has 0 aliphatic carbocycles. The standard InChI is InChI=1S/C20H23N3O3/c24-19(17-3-9-22-10-4-17)23-14-20(15-23)18(6-12-26-20)5-11-25-13-16-1-7-21-8-2-16/h1-4,7-10,18H,5-6,11-15H2/t18-/m0/s1. The molecule has 0 radical (unpaired) electrons. The molecule has 2 saturated heterocycles. The van der Waals surface area contributed by atoms with Crippen molar-refractivity contribution in [1.29, 1.82) is 0 Å². The summed E-state index contributed by atoms with van der Waals surface area (Å²) in [5, 5.41) is 0. The van der Waals surface area contributed by atoms with E-state index in [0.29, 0.717) is 37.8 Å². The van der Waals surface area contributed by atoms with Gasteiger partial charge in [-0.15, -0.1) is 0 Å². The fourth-order valence-electron chi connectivity index (χ4n) is 3.86. The van der Waals surface area contributed by atoms with Gasteiger partial charge in [0, 0.05) is 43.6 Å². The van der Waals surface area contributed by atoms with E-state index in [1.54, 1.807) is 36.9 Å². The lowest BCUT2D eigenvalue weighted by Crippen LogP contribution is -2.66. The topological polar surface area (TPSA) is 64.6 Å². The molecule has 1 amide bonds. The summed E-state index contributed by atoms with van der Waals surface area (Å²) >= 11 is 0. The SMILES string of the molecule is O=C(c1ccncc1)N1CC2(C1)OCC[C@@H]2CCOCc1ccncc1. The van der Waals surface area contributed by atoms with Gasteiger partial charge in [0.1, 0.15) is 5.60 Å². The summed E-state index contributed by atoms with van der Waals surface area (Å²) in [6.45, 7) is 3.42. The van der Waals surface area contributed by atoms with E-state index in [9.17, 15) is 4.79 Å². The van der Waals surface area contributed by atoms with Crippen LogP contribution in [-0.2, 0) is 16.1 Å². The molecule has 6 nitrogen and oxygen atoms in total. The molecule has 0 saturated carbocycles. The Labute approximate surface area is 153 Å². The number of likely N-dealkylation sites (tertiary alicyclic amines) is 1. The molecule has 1 atom stereocenters. The molecule has 2 aliphatic rings. The van der Waals surface area contributed by atoms with Crippen molar-refractivity contribution in [3.63, 3.8) is 0 Å². The predicted octanol–water partition coefficient (Wildman–Crippen LogP) is 2.31. The average molecular weight is 353 g/mol. The third-order valence-corrected chi connectivity index (χ3v) is 5.36. The molecule has 2 aromatic heterocycles. The van der Waals surface area contributed by atoms with E-state index in [-0.39, 0.29) is 11.5 Å². The zero-order valence-electron chi connectivity index (χ0n) is 14.7. The maximum absolute atomic E-state index is 12.5. The van der Waals surface area contributed by atoms with Gasteiger partial charge in [-0.1, -0.05) is 0 Å². The second-order valence-electron chi connectivity index (χ2n) is 6.99. The summed E-state index contributed by atoms with van der Waals surface area (Å²) in [5.74, 6) is 0.502. The highest BCUT2D eigenvalue weighted by Crippen LogP contribution is 2.42. The number of pyridine rings is 2. The van der Waals surface area contributed by atoms with Gasteiger partial charge in [-0.3, -0.25) is 14.8 Å². The van der Waals surface area contributed by atoms with Crippen molar-refractivity contribution in [2.75, 3.05) is 26.3 Å². The molecule has 2 aromatic rings. The van der Waals surface area contributed by atoms with Crippen LogP contribution in [-0.4, -0.2) is 52.7 Å². The first-order valence-corrected chi connectivity index (χ1v) is 9.07. The monoisotopic (exact) mass is 353 g/mol. The lowest BCUT2D eigenvalue weighted by atomic mass is 9.79. The first-order valence-electron chi connectivity index (χ1n) is 9.07. The molecule has 0 unspecified atom stereocenters. The molecule has 2 aliphatic heterocycles. The van der Waals surface area contributed by atoms with E-state index < -0.39 is 0 Å². The van der Waals surface area contributed by atoms with E-state index in [1.165, 1.54) is 0 Å². The Balaban J connectivity index is 1.26. The molecular formula is C20H23N3O3. The molecule has 2 fully saturated rings. The Morgan fingerprint density at radius 3 is 2.58 bits per heavy atom. The maximum atomic E-state index is 12.5. The molecule has 4 heterocycles. The number of hydrogen-bond acceptors (Lipinski definition) is 5. The van der Waals surface area contributed by atoms with Crippen LogP contribution in [0, 0.1) is 5.92 Å². The minimum Gasteiger partial charge on any atom is -0.377 e. The van der Waals surface area contributed by atoms with Gasteiger partial charge >= 0.3 is 0 Å². The van der Waals surface area contributed by atoms with Crippen LogP contribution >= 0.6 is 0 Å². The fraction of sp³-hybridized carbons (Fsp3) is 0.450. The second kappa shape index (κ2) is 7.51. The third kappa shape index (κ3) is 3.48. The number of rotatable bonds is 6. The predicted molar refractivity (Wildman–Crippen MR) is 95.4 cm³/mol. The minimum atomic E-state index is -0.178. The molecule has 26 heavy (non-hydrogen) atoms. The Bertz CT molecular complexity index is 732. The molecule has 0 aromatic carbocycles. The number of ether oxygens (including phenoxy) is 2. The third-order valence-electron chi connectivity index (χ3n) is 5.36. The lowest BCUT2D eigenvalue weighted by molar-refractivity contribution is -0.120. The summed E-state index contributed by atoms with van der Waals surface area (Å²) in [4.78, 5) is 22.3. The minimum absolute atomic E-state index is 0.0567. The van der Waals surface area contributed by atoms with E-state index in [2.05, 4.69) is 9.97 Å². The summed E-state index contributed by atoms with van der Waals surface area (Å²) in [6.07, 6.45) is 8.86. The van der Waals surface area contributed by atoms with Gasteiger partial charge in [0.15, 0.2) is 0 Å². The first-order chi connectivity index (χ1) is 12.8. The summed E-state index contributed by atoms with van der Waals surface area (Å²) in [7, 11) is 0. The number of carbonyl (C=O) groups excluding carboxylic acids is 1. The Morgan fingerprint density at radius 2 is 1.85 bits per heavy atom. The van der Waals surface area contributed by atoms with Crippen LogP contribution < -0.4 is 0 Å². The van der Waals surface area contributed by atoms with Crippen molar-refractivity contribution in [2.24, 2.45) is 5.92 Å². The molecule has 4 rings (SSSR count). The van der Waals surface area contributed by atoms with Crippen LogP contribution in [0.1, 0.15) is 28.8 Å². The van der Waals surface area contributed by atoms with Crippen molar-refractivity contribution in [3.05, 3.63) is 60.2 Å². The number of hydrogen-bond donors (Lipinski definition) is 0. The molecule has 0 bridgehead atoms.